The molecule has 43 heavy (non-hydrogen) atoms. The van der Waals surface area contributed by atoms with E-state index in [-0.39, 0.29) is 24.5 Å². The van der Waals surface area contributed by atoms with Crippen LogP contribution < -0.4 is 10.0 Å². The second kappa shape index (κ2) is 11.8. The number of carbonyl (C=O) groups is 2. The molecule has 0 bridgehead atoms. The number of benzene rings is 3. The molecule has 0 radical (unpaired) electrons. The quantitative estimate of drug-likeness (QED) is 0.191. The van der Waals surface area contributed by atoms with Gasteiger partial charge in [-0.25, -0.2) is 23.0 Å². The fourth-order valence-corrected chi connectivity index (χ4v) is 6.02. The Bertz CT molecular complexity index is 1930. The minimum Gasteiger partial charge on any atom is -0.477 e. The van der Waals surface area contributed by atoms with Crippen LogP contribution in [0.5, 0.6) is 0 Å². The van der Waals surface area contributed by atoms with Gasteiger partial charge < -0.3 is 19.7 Å². The molecule has 0 saturated carbocycles. The van der Waals surface area contributed by atoms with E-state index in [1.165, 1.54) is 0 Å². The van der Waals surface area contributed by atoms with E-state index in [1.54, 1.807) is 79.9 Å². The van der Waals surface area contributed by atoms with Gasteiger partial charge in [-0.1, -0.05) is 54.6 Å². The van der Waals surface area contributed by atoms with Crippen LogP contribution >= 0.6 is 0 Å². The Balaban J connectivity index is 1.50. The molecule has 2 aromatic heterocycles. The van der Waals surface area contributed by atoms with E-state index >= 15 is 0 Å². The highest BCUT2D eigenvalue weighted by atomic mass is 32.2. The van der Waals surface area contributed by atoms with E-state index < -0.39 is 27.7 Å². The van der Waals surface area contributed by atoms with Crippen LogP contribution in [0.4, 0.5) is 10.5 Å². The second-order valence-electron chi connectivity index (χ2n) is 11.2. The van der Waals surface area contributed by atoms with Crippen LogP contribution in [0.25, 0.3) is 21.8 Å². The summed E-state index contributed by atoms with van der Waals surface area (Å²) in [5, 5.41) is 15.0. The molecule has 222 valence electrons. The molecule has 10 nitrogen and oxygen atoms in total. The van der Waals surface area contributed by atoms with Gasteiger partial charge >= 0.3 is 12.1 Å². The fraction of sp³-hybridized carbons (Fsp3) is 0.219. The summed E-state index contributed by atoms with van der Waals surface area (Å²) in [5.74, 6) is -1.32. The summed E-state index contributed by atoms with van der Waals surface area (Å²) in [6.07, 6.45) is -0.589. The molecule has 0 aliphatic carbocycles. The number of nitrogens with zero attached hydrogens (tertiary/aromatic N) is 2. The van der Waals surface area contributed by atoms with E-state index in [0.29, 0.717) is 33.5 Å². The van der Waals surface area contributed by atoms with Crippen LogP contribution in [0, 0.1) is 0 Å². The van der Waals surface area contributed by atoms with Gasteiger partial charge in [-0.3, -0.25) is 4.72 Å². The maximum Gasteiger partial charge on any atom is 0.407 e. The summed E-state index contributed by atoms with van der Waals surface area (Å²) in [5.41, 5.74) is 2.03. The number of fused-ring (bicyclic) bond motifs is 2. The van der Waals surface area contributed by atoms with Gasteiger partial charge in [0.05, 0.1) is 24.5 Å². The minimum atomic E-state index is -3.73. The van der Waals surface area contributed by atoms with Crippen LogP contribution in [0.3, 0.4) is 0 Å². The normalized spacial score (nSPS) is 11.9. The standard InChI is InChI=1S/C32H32N4O6S/c1-32(2,3)42-31(39)33-18-25-14-13-23-17-28(30(37)38)36(29(23)34-25)19-24-16-26(15-22-11-7-8-12-27(22)24)35-43(40,41)20-21-9-5-4-6-10-21/h4-17,35H,18-20H2,1-3H3,(H,33,39)(H,37,38). The summed E-state index contributed by atoms with van der Waals surface area (Å²) in [6.45, 7) is 5.49. The topological polar surface area (TPSA) is 140 Å². The van der Waals surface area contributed by atoms with Crippen molar-refractivity contribution in [2.45, 2.75) is 45.2 Å². The highest BCUT2D eigenvalue weighted by Gasteiger charge is 2.20. The lowest BCUT2D eigenvalue weighted by Gasteiger charge is -2.19. The molecule has 2 heterocycles. The van der Waals surface area contributed by atoms with Gasteiger partial charge in [0.2, 0.25) is 10.0 Å². The zero-order valence-corrected chi connectivity index (χ0v) is 24.8. The molecule has 5 aromatic rings. The number of pyridine rings is 1. The average Bonchev–Trinajstić information content (AvgIpc) is 3.29. The summed E-state index contributed by atoms with van der Waals surface area (Å²) in [7, 11) is -3.73. The van der Waals surface area contributed by atoms with Crippen molar-refractivity contribution in [3.63, 3.8) is 0 Å². The van der Waals surface area contributed by atoms with Crippen LogP contribution in [0.2, 0.25) is 0 Å². The SMILES string of the molecule is CC(C)(C)OC(=O)NCc1ccc2cc(C(=O)O)n(Cc3cc(NS(=O)(=O)Cc4ccccc4)cc4ccccc34)c2n1. The van der Waals surface area contributed by atoms with E-state index in [2.05, 4.69) is 15.0 Å². The Kier molecular flexibility index (Phi) is 8.10. The summed E-state index contributed by atoms with van der Waals surface area (Å²) in [6, 6.07) is 24.9. The lowest BCUT2D eigenvalue weighted by Crippen LogP contribution is -2.32. The van der Waals surface area contributed by atoms with Gasteiger partial charge in [0.15, 0.2) is 0 Å². The van der Waals surface area contributed by atoms with Gasteiger partial charge in [0, 0.05) is 11.1 Å². The van der Waals surface area contributed by atoms with Crippen LogP contribution in [0.1, 0.15) is 48.1 Å². The minimum absolute atomic E-state index is 0.0268. The van der Waals surface area contributed by atoms with Crippen molar-refractivity contribution in [3.8, 4) is 0 Å². The lowest BCUT2D eigenvalue weighted by atomic mass is 10.0. The number of amides is 1. The molecule has 3 N–H and O–H groups in total. The van der Waals surface area contributed by atoms with Gasteiger partial charge in [0.1, 0.15) is 16.9 Å². The monoisotopic (exact) mass is 600 g/mol. The first-order valence-electron chi connectivity index (χ1n) is 13.6. The summed E-state index contributed by atoms with van der Waals surface area (Å²) < 4.78 is 35.6. The van der Waals surface area contributed by atoms with Crippen molar-refractivity contribution in [2.24, 2.45) is 0 Å². The molecule has 1 amide bonds. The molecule has 3 aromatic carbocycles. The highest BCUT2D eigenvalue weighted by Crippen LogP contribution is 2.28. The number of carbonyl (C=O) groups excluding carboxylic acids is 1. The fourth-order valence-electron chi connectivity index (χ4n) is 4.84. The first-order valence-corrected chi connectivity index (χ1v) is 15.3. The first kappa shape index (κ1) is 29.6. The summed E-state index contributed by atoms with van der Waals surface area (Å²) >= 11 is 0. The van der Waals surface area contributed by atoms with Gasteiger partial charge in [0.25, 0.3) is 0 Å². The van der Waals surface area contributed by atoms with Crippen molar-refractivity contribution < 1.29 is 27.9 Å². The zero-order valence-electron chi connectivity index (χ0n) is 24.0. The second-order valence-corrected chi connectivity index (χ2v) is 12.9. The van der Waals surface area contributed by atoms with Gasteiger partial charge in [-0.2, -0.15) is 0 Å². The molecule has 0 saturated heterocycles. The Morgan fingerprint density at radius 1 is 0.930 bits per heavy atom. The summed E-state index contributed by atoms with van der Waals surface area (Å²) in [4.78, 5) is 29.1. The molecule has 0 aliphatic heterocycles. The van der Waals surface area contributed by atoms with Crippen molar-refractivity contribution in [1.82, 2.24) is 14.9 Å². The molecule has 5 rings (SSSR count). The van der Waals surface area contributed by atoms with Crippen LogP contribution in [0.15, 0.2) is 84.9 Å². The van der Waals surface area contributed by atoms with Crippen molar-refractivity contribution in [3.05, 3.63) is 107 Å². The molecule has 0 fully saturated rings. The molecule has 11 heteroatoms. The van der Waals surface area contributed by atoms with Crippen molar-refractivity contribution in [2.75, 3.05) is 4.72 Å². The number of aromatic nitrogens is 2. The Morgan fingerprint density at radius 3 is 2.37 bits per heavy atom. The number of sulfonamides is 1. The number of anilines is 1. The molecule has 0 aliphatic rings. The maximum atomic E-state index is 13.0. The third kappa shape index (κ3) is 7.31. The van der Waals surface area contributed by atoms with Gasteiger partial charge in [-0.05, 0) is 73.0 Å². The Hall–Kier alpha value is -4.90. The number of ether oxygens (including phenoxy) is 1. The van der Waals surface area contributed by atoms with E-state index in [9.17, 15) is 23.1 Å². The molecular weight excluding hydrogens is 568 g/mol. The van der Waals surface area contributed by atoms with E-state index in [1.807, 2.05) is 30.3 Å². The molecular formula is C32H32N4O6S. The predicted molar refractivity (Wildman–Crippen MR) is 166 cm³/mol. The first-order chi connectivity index (χ1) is 20.4. The number of alkyl carbamates (subject to hydrolysis) is 1. The van der Waals surface area contributed by atoms with E-state index in [4.69, 9.17) is 4.74 Å². The third-order valence-electron chi connectivity index (χ3n) is 6.58. The lowest BCUT2D eigenvalue weighted by molar-refractivity contribution is 0.0522. The van der Waals surface area contributed by atoms with Crippen molar-refractivity contribution >= 4 is 49.6 Å². The number of nitrogens with one attached hydrogen (secondary N) is 2. The average molecular weight is 601 g/mol. The van der Waals surface area contributed by atoms with Crippen LogP contribution in [-0.4, -0.2) is 40.7 Å². The smallest absolute Gasteiger partial charge is 0.407 e. The zero-order chi connectivity index (χ0) is 30.8. The Morgan fingerprint density at radius 2 is 1.65 bits per heavy atom. The molecule has 0 atom stereocenters. The van der Waals surface area contributed by atoms with E-state index in [0.717, 1.165) is 10.8 Å². The maximum absolute atomic E-state index is 13.0. The Labute approximate surface area is 249 Å². The number of carboxylic acids is 1. The number of rotatable bonds is 9. The third-order valence-corrected chi connectivity index (χ3v) is 7.84. The molecule has 0 unspecified atom stereocenters. The van der Waals surface area contributed by atoms with Crippen molar-refractivity contribution in [1.29, 1.82) is 0 Å². The largest absolute Gasteiger partial charge is 0.477 e. The highest BCUT2D eigenvalue weighted by molar-refractivity contribution is 7.91. The number of carboxylic acid groups (broad SMARTS) is 1. The predicted octanol–water partition coefficient (Wildman–Crippen LogP) is 5.90. The molecule has 0 spiro atoms. The van der Waals surface area contributed by atoms with Gasteiger partial charge in [-0.15, -0.1) is 0 Å². The van der Waals surface area contributed by atoms with Crippen LogP contribution in [-0.2, 0) is 33.6 Å². The number of aromatic carboxylic acids is 1. The number of hydrogen-bond donors (Lipinski definition) is 3. The number of hydrogen-bond acceptors (Lipinski definition) is 6.